The van der Waals surface area contributed by atoms with E-state index in [0.29, 0.717) is 5.69 Å². The Kier molecular flexibility index (Phi) is 2.32. The van der Waals surface area contributed by atoms with Crippen LogP contribution in [0.15, 0.2) is 48.5 Å². The Hall–Kier alpha value is -2.99. The van der Waals surface area contributed by atoms with Gasteiger partial charge in [0.05, 0.1) is 11.3 Å². The van der Waals surface area contributed by atoms with Crippen molar-refractivity contribution in [2.24, 2.45) is 0 Å². The lowest BCUT2D eigenvalue weighted by Crippen LogP contribution is -2.52. The Morgan fingerprint density at radius 1 is 0.909 bits per heavy atom. The molecule has 1 N–H and O–H groups in total. The van der Waals surface area contributed by atoms with Crippen molar-refractivity contribution in [1.82, 2.24) is 0 Å². The summed E-state index contributed by atoms with van der Waals surface area (Å²) >= 11 is 0. The van der Waals surface area contributed by atoms with Crippen LogP contribution in [0.1, 0.15) is 15.9 Å². The van der Waals surface area contributed by atoms with Crippen molar-refractivity contribution >= 4 is 29.0 Å². The van der Waals surface area contributed by atoms with Gasteiger partial charge in [0.2, 0.25) is 0 Å². The van der Waals surface area contributed by atoms with Gasteiger partial charge in [-0.1, -0.05) is 30.3 Å². The molecule has 2 aromatic carbocycles. The number of para-hydroxylation sites is 2. The first-order chi connectivity index (χ1) is 10.5. The van der Waals surface area contributed by atoms with Crippen LogP contribution in [-0.4, -0.2) is 17.6 Å². The molecule has 0 aromatic heterocycles. The monoisotopic (exact) mass is 293 g/mol. The highest BCUT2D eigenvalue weighted by atomic mass is 16.3. The van der Waals surface area contributed by atoms with E-state index in [0.717, 1.165) is 4.90 Å². The highest BCUT2D eigenvalue weighted by Crippen LogP contribution is 2.44. The lowest BCUT2D eigenvalue weighted by atomic mass is 10.0. The van der Waals surface area contributed by atoms with E-state index in [-0.39, 0.29) is 16.8 Å². The largest absolute Gasteiger partial charge is 0.321 e. The average Bonchev–Trinajstić information content (AvgIpc) is 2.94. The standard InChI is InChI=1S/C16H9N2O4/c19-13-9-5-1-4-8-12(9)18(14(13)20)16(22)10-6-2-3-7-11(10)17-15(16)21/h1-8H,(H,17,21). The van der Waals surface area contributed by atoms with Crippen LogP contribution in [0.3, 0.4) is 0 Å². The Morgan fingerprint density at radius 2 is 1.59 bits per heavy atom. The van der Waals surface area contributed by atoms with Gasteiger partial charge in [-0.3, -0.25) is 19.3 Å². The molecule has 0 fully saturated rings. The Balaban J connectivity index is 1.98. The number of carbonyl (C=O) groups excluding carboxylic acids is 3. The van der Waals surface area contributed by atoms with E-state index in [4.69, 9.17) is 0 Å². The van der Waals surface area contributed by atoms with Crippen molar-refractivity contribution in [3.05, 3.63) is 59.7 Å². The second kappa shape index (κ2) is 4.02. The zero-order valence-corrected chi connectivity index (χ0v) is 11.2. The van der Waals surface area contributed by atoms with E-state index in [1.807, 2.05) is 0 Å². The molecule has 1 atom stereocenters. The molecule has 0 spiro atoms. The van der Waals surface area contributed by atoms with Crippen LogP contribution < -0.4 is 10.2 Å². The van der Waals surface area contributed by atoms with Gasteiger partial charge in [-0.05, 0) is 18.2 Å². The maximum atomic E-state index is 13.3. The zero-order valence-electron chi connectivity index (χ0n) is 11.2. The molecule has 0 bridgehead atoms. The number of nitrogens with zero attached hydrogens (tertiary/aromatic N) is 1. The maximum Gasteiger partial charge on any atom is 0.302 e. The topological polar surface area (TPSA) is 86.4 Å². The quantitative estimate of drug-likeness (QED) is 0.807. The van der Waals surface area contributed by atoms with E-state index in [1.165, 1.54) is 18.2 Å². The molecule has 0 saturated carbocycles. The molecule has 2 heterocycles. The Bertz CT molecular complexity index is 861. The third-order valence-corrected chi connectivity index (χ3v) is 3.95. The molecule has 6 heteroatoms. The van der Waals surface area contributed by atoms with Crippen LogP contribution in [0.25, 0.3) is 0 Å². The highest BCUT2D eigenvalue weighted by molar-refractivity contribution is 6.53. The van der Waals surface area contributed by atoms with Crippen molar-refractivity contribution in [2.45, 2.75) is 5.72 Å². The summed E-state index contributed by atoms with van der Waals surface area (Å²) in [5, 5.41) is 15.8. The minimum Gasteiger partial charge on any atom is -0.321 e. The number of rotatable bonds is 1. The van der Waals surface area contributed by atoms with Crippen molar-refractivity contribution < 1.29 is 19.5 Å². The van der Waals surface area contributed by atoms with Gasteiger partial charge in [0, 0.05) is 11.3 Å². The third kappa shape index (κ3) is 1.34. The minimum absolute atomic E-state index is 0.137. The minimum atomic E-state index is -2.48. The third-order valence-electron chi connectivity index (χ3n) is 3.95. The van der Waals surface area contributed by atoms with Gasteiger partial charge in [0.25, 0.3) is 17.4 Å². The van der Waals surface area contributed by atoms with Crippen LogP contribution in [-0.2, 0) is 20.4 Å². The fourth-order valence-corrected chi connectivity index (χ4v) is 2.94. The maximum absolute atomic E-state index is 13.3. The summed E-state index contributed by atoms with van der Waals surface area (Å²) in [6, 6.07) is 12.5. The van der Waals surface area contributed by atoms with E-state index in [9.17, 15) is 19.5 Å². The van der Waals surface area contributed by atoms with Crippen molar-refractivity contribution in [3.63, 3.8) is 0 Å². The van der Waals surface area contributed by atoms with Gasteiger partial charge in [0.15, 0.2) is 0 Å². The first-order valence-corrected chi connectivity index (χ1v) is 6.64. The summed E-state index contributed by atoms with van der Waals surface area (Å²) < 4.78 is 0. The predicted molar refractivity (Wildman–Crippen MR) is 75.7 cm³/mol. The summed E-state index contributed by atoms with van der Waals surface area (Å²) in [6.45, 7) is 0. The lowest BCUT2D eigenvalue weighted by molar-refractivity contribution is -0.145. The molecule has 4 rings (SSSR count). The molecule has 6 nitrogen and oxygen atoms in total. The summed E-state index contributed by atoms with van der Waals surface area (Å²) in [7, 11) is 0. The lowest BCUT2D eigenvalue weighted by Gasteiger charge is -2.29. The van der Waals surface area contributed by atoms with Gasteiger partial charge < -0.3 is 5.32 Å². The number of amides is 2. The van der Waals surface area contributed by atoms with Gasteiger partial charge in [0.1, 0.15) is 0 Å². The molecular weight excluding hydrogens is 284 g/mol. The predicted octanol–water partition coefficient (Wildman–Crippen LogP) is 1.45. The molecule has 0 saturated heterocycles. The van der Waals surface area contributed by atoms with Gasteiger partial charge in [-0.2, -0.15) is 5.11 Å². The van der Waals surface area contributed by atoms with E-state index < -0.39 is 23.3 Å². The van der Waals surface area contributed by atoms with Crippen LogP contribution in [0.5, 0.6) is 0 Å². The van der Waals surface area contributed by atoms with Crippen molar-refractivity contribution in [2.75, 3.05) is 10.2 Å². The van der Waals surface area contributed by atoms with Gasteiger partial charge >= 0.3 is 5.91 Å². The Labute approximate surface area is 125 Å². The fourth-order valence-electron chi connectivity index (χ4n) is 2.94. The summed E-state index contributed by atoms with van der Waals surface area (Å²) in [5.41, 5.74) is -1.68. The first kappa shape index (κ1) is 12.7. The van der Waals surface area contributed by atoms with E-state index >= 15 is 0 Å². The first-order valence-electron chi connectivity index (χ1n) is 6.64. The van der Waals surface area contributed by atoms with Crippen molar-refractivity contribution in [3.8, 4) is 0 Å². The summed E-state index contributed by atoms with van der Waals surface area (Å²) in [6.07, 6.45) is 0. The van der Waals surface area contributed by atoms with Crippen LogP contribution in [0.4, 0.5) is 11.4 Å². The van der Waals surface area contributed by atoms with E-state index in [2.05, 4.69) is 5.32 Å². The molecule has 2 amide bonds. The molecule has 2 aromatic rings. The number of Topliss-reactive ketones (excluding diaryl/α,β-unsaturated/α-hetero) is 1. The molecular formula is C16H9N2O4. The number of nitrogens with one attached hydrogen (secondary N) is 1. The smallest absolute Gasteiger partial charge is 0.302 e. The average molecular weight is 293 g/mol. The Morgan fingerprint density at radius 3 is 2.41 bits per heavy atom. The van der Waals surface area contributed by atoms with Gasteiger partial charge in [-0.25, -0.2) is 0 Å². The SMILES string of the molecule is [O]C1(N2C(=O)C(=O)c3ccccc32)C(=O)Nc2ccccc21. The number of hydrogen-bond acceptors (Lipinski definition) is 3. The molecule has 0 aliphatic carbocycles. The van der Waals surface area contributed by atoms with Crippen LogP contribution in [0.2, 0.25) is 0 Å². The number of carbonyl (C=O) groups is 3. The number of anilines is 2. The summed E-state index contributed by atoms with van der Waals surface area (Å²) in [4.78, 5) is 37.4. The second-order valence-corrected chi connectivity index (χ2v) is 5.13. The van der Waals surface area contributed by atoms with E-state index in [1.54, 1.807) is 30.3 Å². The van der Waals surface area contributed by atoms with Crippen LogP contribution >= 0.6 is 0 Å². The molecule has 107 valence electrons. The van der Waals surface area contributed by atoms with Crippen molar-refractivity contribution in [1.29, 1.82) is 0 Å². The van der Waals surface area contributed by atoms with Crippen LogP contribution in [0, 0.1) is 0 Å². The van der Waals surface area contributed by atoms with Gasteiger partial charge in [-0.15, -0.1) is 0 Å². The normalized spacial score (nSPS) is 22.6. The zero-order chi connectivity index (χ0) is 15.5. The number of hydrogen-bond donors (Lipinski definition) is 1. The second-order valence-electron chi connectivity index (χ2n) is 5.13. The molecule has 2 aliphatic heterocycles. The number of ketones is 1. The fraction of sp³-hybridized carbons (Fsp3) is 0.0625. The number of benzene rings is 2. The molecule has 1 unspecified atom stereocenters. The molecule has 2 aliphatic rings. The highest BCUT2D eigenvalue weighted by Gasteiger charge is 2.58. The summed E-state index contributed by atoms with van der Waals surface area (Å²) in [5.74, 6) is -2.63. The molecule has 22 heavy (non-hydrogen) atoms. The molecule has 1 radical (unpaired) electrons. The number of fused-ring (bicyclic) bond motifs is 2.